The van der Waals surface area contributed by atoms with Crippen molar-refractivity contribution in [2.75, 3.05) is 5.32 Å². The molecular weight excluding hydrogens is 400 g/mol. The summed E-state index contributed by atoms with van der Waals surface area (Å²) in [4.78, 5) is 32.3. The average molecular weight is 411 g/mol. The van der Waals surface area contributed by atoms with Crippen LogP contribution in [0.4, 0.5) is 10.8 Å². The number of nitrogens with one attached hydrogen (secondary N) is 2. The van der Waals surface area contributed by atoms with Crippen LogP contribution in [0.2, 0.25) is 0 Å². The van der Waals surface area contributed by atoms with Gasteiger partial charge in [0.15, 0.2) is 5.17 Å². The van der Waals surface area contributed by atoms with Crippen molar-refractivity contribution in [3.05, 3.63) is 40.3 Å². The van der Waals surface area contributed by atoms with Gasteiger partial charge in [0, 0.05) is 28.2 Å². The Morgan fingerprint density at radius 1 is 1.39 bits per heavy atom. The summed E-state index contributed by atoms with van der Waals surface area (Å²) in [6.45, 7) is 0. The van der Waals surface area contributed by atoms with Crippen LogP contribution in [0, 0.1) is 0 Å². The van der Waals surface area contributed by atoms with Crippen LogP contribution in [-0.4, -0.2) is 27.2 Å². The molecule has 9 heteroatoms. The van der Waals surface area contributed by atoms with Crippen LogP contribution < -0.4 is 10.6 Å². The first-order chi connectivity index (χ1) is 11.1. The second-order valence-corrected chi connectivity index (χ2v) is 7.57. The number of rotatable bonds is 4. The number of anilines is 1. The maximum Gasteiger partial charge on any atom is 0.240 e. The van der Waals surface area contributed by atoms with E-state index in [0.717, 1.165) is 4.47 Å². The van der Waals surface area contributed by atoms with E-state index in [1.807, 2.05) is 17.5 Å². The van der Waals surface area contributed by atoms with Gasteiger partial charge in [-0.05, 0) is 24.3 Å². The van der Waals surface area contributed by atoms with Gasteiger partial charge in [-0.3, -0.25) is 9.59 Å². The van der Waals surface area contributed by atoms with Crippen LogP contribution in [0.15, 0.2) is 45.3 Å². The molecule has 1 fully saturated rings. The molecule has 118 valence electrons. The number of carbonyl (C=O) groups excluding carboxylic acids is 2. The monoisotopic (exact) mass is 410 g/mol. The summed E-state index contributed by atoms with van der Waals surface area (Å²) >= 11 is 5.96. The molecule has 2 amide bonds. The largest absolute Gasteiger partial charge is 0.326 e. The molecule has 0 radical (unpaired) electrons. The second kappa shape index (κ2) is 7.24. The number of amides is 2. The van der Waals surface area contributed by atoms with Crippen LogP contribution in [0.5, 0.6) is 0 Å². The first-order valence-electron chi connectivity index (χ1n) is 6.61. The van der Waals surface area contributed by atoms with Gasteiger partial charge in [0.2, 0.25) is 16.9 Å². The zero-order valence-corrected chi connectivity index (χ0v) is 14.9. The van der Waals surface area contributed by atoms with Crippen molar-refractivity contribution in [3.63, 3.8) is 0 Å². The summed E-state index contributed by atoms with van der Waals surface area (Å²) in [6, 6.07) is 7.26. The van der Waals surface area contributed by atoms with Crippen LogP contribution >= 0.6 is 39.0 Å². The Morgan fingerprint density at radius 3 is 2.87 bits per heavy atom. The number of hydrogen-bond acceptors (Lipinski definition) is 6. The number of amidine groups is 1. The Labute approximate surface area is 148 Å². The highest BCUT2D eigenvalue weighted by Gasteiger charge is 2.32. The van der Waals surface area contributed by atoms with Crippen LogP contribution in [0.25, 0.3) is 0 Å². The Morgan fingerprint density at radius 2 is 2.17 bits per heavy atom. The summed E-state index contributed by atoms with van der Waals surface area (Å²) in [7, 11) is 0. The molecule has 0 spiro atoms. The van der Waals surface area contributed by atoms with E-state index in [9.17, 15) is 9.59 Å². The third-order valence-corrected chi connectivity index (χ3v) is 5.17. The van der Waals surface area contributed by atoms with E-state index in [2.05, 4.69) is 36.5 Å². The molecule has 3 rings (SSSR count). The van der Waals surface area contributed by atoms with E-state index in [1.165, 1.54) is 23.1 Å². The number of hydrogen-bond donors (Lipinski definition) is 2. The minimum absolute atomic E-state index is 0.0868. The van der Waals surface area contributed by atoms with Gasteiger partial charge in [-0.2, -0.15) is 4.99 Å². The highest BCUT2D eigenvalue weighted by atomic mass is 79.9. The number of thiazole rings is 1. The number of nitrogens with zero attached hydrogens (tertiary/aromatic N) is 2. The molecule has 23 heavy (non-hydrogen) atoms. The third kappa shape index (κ3) is 4.40. The van der Waals surface area contributed by atoms with Crippen LogP contribution in [0.1, 0.15) is 6.42 Å². The molecule has 0 unspecified atom stereocenters. The van der Waals surface area contributed by atoms with E-state index in [1.54, 1.807) is 18.3 Å². The van der Waals surface area contributed by atoms with Crippen molar-refractivity contribution >= 4 is 66.8 Å². The fourth-order valence-corrected chi connectivity index (χ4v) is 3.66. The third-order valence-electron chi connectivity index (χ3n) is 2.89. The number of benzene rings is 1. The maximum atomic E-state index is 12.1. The maximum absolute atomic E-state index is 12.1. The Kier molecular flexibility index (Phi) is 5.09. The van der Waals surface area contributed by atoms with Gasteiger partial charge < -0.3 is 10.6 Å². The number of halogens is 1. The van der Waals surface area contributed by atoms with Crippen molar-refractivity contribution in [2.45, 2.75) is 11.7 Å². The van der Waals surface area contributed by atoms with Crippen molar-refractivity contribution in [2.24, 2.45) is 4.99 Å². The highest BCUT2D eigenvalue weighted by Crippen LogP contribution is 2.26. The van der Waals surface area contributed by atoms with E-state index in [4.69, 9.17) is 0 Å². The van der Waals surface area contributed by atoms with Gasteiger partial charge in [-0.15, -0.1) is 11.3 Å². The van der Waals surface area contributed by atoms with E-state index in [-0.39, 0.29) is 18.2 Å². The van der Waals surface area contributed by atoms with Crippen molar-refractivity contribution in [1.82, 2.24) is 10.3 Å². The molecule has 2 N–H and O–H groups in total. The number of aromatic nitrogens is 1. The molecule has 0 bridgehead atoms. The lowest BCUT2D eigenvalue weighted by Crippen LogP contribution is -2.28. The molecule has 6 nitrogen and oxygen atoms in total. The summed E-state index contributed by atoms with van der Waals surface area (Å²) < 4.78 is 0.935. The summed E-state index contributed by atoms with van der Waals surface area (Å²) in [5, 5.41) is 7.83. The minimum atomic E-state index is -0.482. The fraction of sp³-hybridized carbons (Fsp3) is 0.143. The van der Waals surface area contributed by atoms with E-state index in [0.29, 0.717) is 16.0 Å². The predicted molar refractivity (Wildman–Crippen MR) is 96.1 cm³/mol. The van der Waals surface area contributed by atoms with E-state index < -0.39 is 5.25 Å². The van der Waals surface area contributed by atoms with Gasteiger partial charge in [0.1, 0.15) is 5.25 Å². The normalized spacial score (nSPS) is 18.9. The number of aliphatic imine (C=N–C) groups is 1. The molecule has 0 saturated carbocycles. The quantitative estimate of drug-likeness (QED) is 0.810. The smallest absolute Gasteiger partial charge is 0.240 e. The Balaban J connectivity index is 1.58. The standard InChI is InChI=1S/C14H11BrN4O2S2/c15-8-1-3-9(4-2-8)17-11(20)7-10-12(21)18-14(23-10)19-13-16-5-6-22-13/h1-6,10H,7H2,(H,17,20)(H,16,18,19,21)/t10-/m0/s1. The molecular formula is C14H11BrN4O2S2. The summed E-state index contributed by atoms with van der Waals surface area (Å²) in [5.41, 5.74) is 0.693. The van der Waals surface area contributed by atoms with Gasteiger partial charge in [-0.25, -0.2) is 4.98 Å². The lowest BCUT2D eigenvalue weighted by Gasteiger charge is -2.07. The molecule has 1 aliphatic heterocycles. The summed E-state index contributed by atoms with van der Waals surface area (Å²) in [6.07, 6.45) is 1.73. The zero-order valence-electron chi connectivity index (χ0n) is 11.7. The SMILES string of the molecule is O=C(C[C@@H]1SC(=Nc2nccs2)NC1=O)Nc1ccc(Br)cc1. The predicted octanol–water partition coefficient (Wildman–Crippen LogP) is 3.15. The highest BCUT2D eigenvalue weighted by molar-refractivity contribution is 9.10. The first-order valence-corrected chi connectivity index (χ1v) is 9.16. The summed E-state index contributed by atoms with van der Waals surface area (Å²) in [5.74, 6) is -0.424. The molecule has 1 aromatic carbocycles. The Bertz CT molecular complexity index is 747. The molecule has 0 aliphatic carbocycles. The van der Waals surface area contributed by atoms with Crippen molar-refractivity contribution < 1.29 is 9.59 Å². The number of carbonyl (C=O) groups is 2. The lowest BCUT2D eigenvalue weighted by atomic mass is 10.2. The Hall–Kier alpha value is -1.71. The van der Waals surface area contributed by atoms with Crippen molar-refractivity contribution in [1.29, 1.82) is 0 Å². The van der Waals surface area contributed by atoms with Gasteiger partial charge in [-0.1, -0.05) is 27.7 Å². The fourth-order valence-electron chi connectivity index (χ4n) is 1.86. The zero-order chi connectivity index (χ0) is 16.2. The molecule has 1 aliphatic rings. The average Bonchev–Trinajstić information content (AvgIpc) is 3.12. The minimum Gasteiger partial charge on any atom is -0.326 e. The van der Waals surface area contributed by atoms with Crippen LogP contribution in [0.3, 0.4) is 0 Å². The topological polar surface area (TPSA) is 83.5 Å². The second-order valence-electron chi connectivity index (χ2n) is 4.59. The first kappa shape index (κ1) is 16.2. The van der Waals surface area contributed by atoms with Crippen molar-refractivity contribution in [3.8, 4) is 0 Å². The van der Waals surface area contributed by atoms with Gasteiger partial charge in [0.05, 0.1) is 0 Å². The molecule has 2 aromatic rings. The lowest BCUT2D eigenvalue weighted by molar-refractivity contribution is -0.122. The molecule has 1 saturated heterocycles. The van der Waals surface area contributed by atoms with E-state index >= 15 is 0 Å². The molecule has 1 aromatic heterocycles. The molecule has 2 heterocycles. The van der Waals surface area contributed by atoms with Gasteiger partial charge >= 0.3 is 0 Å². The van der Waals surface area contributed by atoms with Gasteiger partial charge in [0.25, 0.3) is 0 Å². The molecule has 1 atom stereocenters. The number of thioether (sulfide) groups is 1. The van der Waals surface area contributed by atoms with Crippen LogP contribution in [-0.2, 0) is 9.59 Å².